The molecular weight excluding hydrogens is 269 g/mol. The summed E-state index contributed by atoms with van der Waals surface area (Å²) in [7, 11) is 0. The number of hydrogen-bond donors (Lipinski definition) is 0. The third kappa shape index (κ3) is 2.19. The first-order valence-corrected chi connectivity index (χ1v) is 6.55. The summed E-state index contributed by atoms with van der Waals surface area (Å²) < 4.78 is 37.5. The van der Waals surface area contributed by atoms with E-state index in [1.807, 2.05) is 0 Å². The van der Waals surface area contributed by atoms with E-state index in [1.54, 1.807) is 0 Å². The number of carbonyl (C=O) groups excluding carboxylic acids is 1. The van der Waals surface area contributed by atoms with Crippen LogP contribution in [0.4, 0.5) is 18.9 Å². The molecule has 1 aliphatic heterocycles. The molecule has 1 saturated carbocycles. The van der Waals surface area contributed by atoms with E-state index in [0.29, 0.717) is 5.69 Å². The number of amides is 1. The molecule has 6 heteroatoms. The lowest BCUT2D eigenvalue weighted by Crippen LogP contribution is -2.28. The molecule has 106 valence electrons. The highest BCUT2D eigenvalue weighted by molar-refractivity contribution is 6.15. The summed E-state index contributed by atoms with van der Waals surface area (Å²) >= 11 is 0. The summed E-state index contributed by atoms with van der Waals surface area (Å²) in [5.41, 5.74) is 0.531. The molecule has 20 heavy (non-hydrogen) atoms. The first-order valence-electron chi connectivity index (χ1n) is 6.55. The molecule has 1 aromatic carbocycles. The van der Waals surface area contributed by atoms with Gasteiger partial charge in [0.25, 0.3) is 5.91 Å². The van der Waals surface area contributed by atoms with Crippen LogP contribution in [0.5, 0.6) is 0 Å². The average Bonchev–Trinajstić information content (AvgIpc) is 2.76. The van der Waals surface area contributed by atoms with Crippen LogP contribution < -0.4 is 5.01 Å². The number of hydrazone groups is 1. The molecule has 1 amide bonds. The van der Waals surface area contributed by atoms with Crippen molar-refractivity contribution in [3.8, 4) is 0 Å². The Morgan fingerprint density at radius 1 is 1.15 bits per heavy atom. The van der Waals surface area contributed by atoms with E-state index in [1.165, 1.54) is 17.1 Å². The maximum Gasteiger partial charge on any atom is 0.416 e. The van der Waals surface area contributed by atoms with Crippen molar-refractivity contribution in [3.63, 3.8) is 0 Å². The van der Waals surface area contributed by atoms with Gasteiger partial charge in [-0.2, -0.15) is 18.3 Å². The van der Waals surface area contributed by atoms with E-state index in [0.717, 1.165) is 43.5 Å². The van der Waals surface area contributed by atoms with Crippen molar-refractivity contribution in [2.45, 2.75) is 31.9 Å². The molecule has 0 aromatic heterocycles. The van der Waals surface area contributed by atoms with Gasteiger partial charge in [-0.1, -0.05) is 6.42 Å². The summed E-state index contributed by atoms with van der Waals surface area (Å²) in [6.07, 6.45) is -0.768. The van der Waals surface area contributed by atoms with Gasteiger partial charge in [0.2, 0.25) is 0 Å². The predicted molar refractivity (Wildman–Crippen MR) is 68.3 cm³/mol. The number of halogens is 3. The van der Waals surface area contributed by atoms with Crippen molar-refractivity contribution < 1.29 is 18.0 Å². The number of anilines is 1. The first kappa shape index (κ1) is 13.1. The predicted octanol–water partition coefficient (Wildman–Crippen LogP) is 3.60. The number of hydrogen-bond acceptors (Lipinski definition) is 2. The molecule has 1 aliphatic carbocycles. The zero-order valence-corrected chi connectivity index (χ0v) is 10.7. The zero-order chi connectivity index (χ0) is 14.3. The molecule has 0 spiro atoms. The minimum atomic E-state index is -4.37. The number of nitrogens with zero attached hydrogens (tertiary/aromatic N) is 2. The average molecular weight is 282 g/mol. The molecule has 1 fully saturated rings. The molecule has 1 atom stereocenters. The molecule has 1 aromatic rings. The maximum absolute atomic E-state index is 12.5. The molecule has 1 unspecified atom stereocenters. The Bertz CT molecular complexity index is 563. The molecule has 0 saturated heterocycles. The van der Waals surface area contributed by atoms with Gasteiger partial charge in [0.05, 0.1) is 22.9 Å². The van der Waals surface area contributed by atoms with E-state index >= 15 is 0 Å². The number of fused-ring (bicyclic) bond motifs is 1. The van der Waals surface area contributed by atoms with Crippen molar-refractivity contribution in [1.29, 1.82) is 0 Å². The summed E-state index contributed by atoms with van der Waals surface area (Å²) in [6.45, 7) is 0. The topological polar surface area (TPSA) is 32.7 Å². The van der Waals surface area contributed by atoms with Crippen molar-refractivity contribution in [1.82, 2.24) is 0 Å². The fraction of sp³-hybridized carbons (Fsp3) is 0.429. The maximum atomic E-state index is 12.5. The molecule has 3 rings (SSSR count). The molecule has 0 radical (unpaired) electrons. The molecule has 3 nitrogen and oxygen atoms in total. The van der Waals surface area contributed by atoms with Gasteiger partial charge in [0.1, 0.15) is 0 Å². The summed E-state index contributed by atoms with van der Waals surface area (Å²) in [4.78, 5) is 12.2. The van der Waals surface area contributed by atoms with Crippen LogP contribution in [-0.2, 0) is 11.0 Å². The summed E-state index contributed by atoms with van der Waals surface area (Å²) in [5.74, 6) is -0.300. The molecule has 2 aliphatic rings. The minimum absolute atomic E-state index is 0.126. The third-order valence-corrected chi connectivity index (χ3v) is 3.75. The van der Waals surface area contributed by atoms with Crippen molar-refractivity contribution >= 4 is 17.3 Å². The van der Waals surface area contributed by atoms with Crippen LogP contribution in [0.2, 0.25) is 0 Å². The van der Waals surface area contributed by atoms with Gasteiger partial charge in [-0.15, -0.1) is 0 Å². The van der Waals surface area contributed by atoms with E-state index in [4.69, 9.17) is 0 Å². The monoisotopic (exact) mass is 282 g/mol. The lowest BCUT2D eigenvalue weighted by Gasteiger charge is -2.17. The van der Waals surface area contributed by atoms with Gasteiger partial charge in [-0.25, -0.2) is 5.01 Å². The SMILES string of the molecule is O=C1C2CCCCC2=NN1c1ccc(C(F)(F)F)cc1. The zero-order valence-electron chi connectivity index (χ0n) is 10.7. The normalized spacial score (nSPS) is 22.8. The van der Waals surface area contributed by atoms with E-state index in [-0.39, 0.29) is 11.8 Å². The number of carbonyl (C=O) groups is 1. The summed E-state index contributed by atoms with van der Waals surface area (Å²) in [6, 6.07) is 4.54. The first-order chi connectivity index (χ1) is 9.47. The van der Waals surface area contributed by atoms with Crippen molar-refractivity contribution in [2.24, 2.45) is 11.0 Å². The van der Waals surface area contributed by atoms with Crippen LogP contribution in [0.15, 0.2) is 29.4 Å². The van der Waals surface area contributed by atoms with Crippen LogP contribution >= 0.6 is 0 Å². The van der Waals surface area contributed by atoms with E-state index in [9.17, 15) is 18.0 Å². The van der Waals surface area contributed by atoms with Gasteiger partial charge in [-0.3, -0.25) is 4.79 Å². The van der Waals surface area contributed by atoms with Crippen LogP contribution in [0.25, 0.3) is 0 Å². The highest BCUT2D eigenvalue weighted by atomic mass is 19.4. The highest BCUT2D eigenvalue weighted by Gasteiger charge is 2.38. The van der Waals surface area contributed by atoms with Gasteiger partial charge in [0, 0.05) is 0 Å². The minimum Gasteiger partial charge on any atom is -0.272 e. The summed E-state index contributed by atoms with van der Waals surface area (Å²) in [5, 5.41) is 5.51. The Kier molecular flexibility index (Phi) is 3.03. The van der Waals surface area contributed by atoms with Crippen molar-refractivity contribution in [3.05, 3.63) is 29.8 Å². The second kappa shape index (κ2) is 4.61. The van der Waals surface area contributed by atoms with E-state index < -0.39 is 11.7 Å². The van der Waals surface area contributed by atoms with Gasteiger partial charge in [0.15, 0.2) is 0 Å². The molecule has 0 N–H and O–H groups in total. The standard InChI is InChI=1S/C14H13F3N2O/c15-14(16,17)9-5-7-10(8-6-9)19-13(20)11-3-1-2-4-12(11)18-19/h5-8,11H,1-4H2. The van der Waals surface area contributed by atoms with Crippen LogP contribution in [0.1, 0.15) is 31.2 Å². The number of alkyl halides is 3. The fourth-order valence-electron chi connectivity index (χ4n) is 2.68. The molecule has 1 heterocycles. The highest BCUT2D eigenvalue weighted by Crippen LogP contribution is 2.34. The molecular formula is C14H13F3N2O. The quantitative estimate of drug-likeness (QED) is 0.774. The molecule has 0 bridgehead atoms. The Hall–Kier alpha value is -1.85. The third-order valence-electron chi connectivity index (χ3n) is 3.75. The van der Waals surface area contributed by atoms with Crippen LogP contribution in [0, 0.1) is 5.92 Å². The Morgan fingerprint density at radius 2 is 1.85 bits per heavy atom. The number of rotatable bonds is 1. The Balaban J connectivity index is 1.87. The lowest BCUT2D eigenvalue weighted by atomic mass is 9.87. The van der Waals surface area contributed by atoms with Crippen molar-refractivity contribution in [2.75, 3.05) is 5.01 Å². The fourth-order valence-corrected chi connectivity index (χ4v) is 2.68. The van der Waals surface area contributed by atoms with Gasteiger partial charge in [-0.05, 0) is 43.5 Å². The van der Waals surface area contributed by atoms with Crippen LogP contribution in [-0.4, -0.2) is 11.6 Å². The van der Waals surface area contributed by atoms with Gasteiger partial charge < -0.3 is 0 Å². The largest absolute Gasteiger partial charge is 0.416 e. The smallest absolute Gasteiger partial charge is 0.272 e. The van der Waals surface area contributed by atoms with E-state index in [2.05, 4.69) is 5.10 Å². The van der Waals surface area contributed by atoms with Gasteiger partial charge >= 0.3 is 6.18 Å². The second-order valence-corrected chi connectivity index (χ2v) is 5.08. The Morgan fingerprint density at radius 3 is 2.45 bits per heavy atom. The van der Waals surface area contributed by atoms with Crippen LogP contribution in [0.3, 0.4) is 0 Å². The Labute approximate surface area is 114 Å². The lowest BCUT2D eigenvalue weighted by molar-refractivity contribution is -0.137. The second-order valence-electron chi connectivity index (χ2n) is 5.08. The number of benzene rings is 1.